The number of benzene rings is 1. The van der Waals surface area contributed by atoms with Crippen molar-refractivity contribution in [2.24, 2.45) is 0 Å². The van der Waals surface area contributed by atoms with E-state index >= 15 is 0 Å². The molecule has 0 saturated heterocycles. The van der Waals surface area contributed by atoms with Crippen molar-refractivity contribution < 1.29 is 4.79 Å². The van der Waals surface area contributed by atoms with Gasteiger partial charge in [0.1, 0.15) is 0 Å². The molecule has 0 saturated carbocycles. The summed E-state index contributed by atoms with van der Waals surface area (Å²) < 4.78 is 0. The fourth-order valence-electron chi connectivity index (χ4n) is 1.09. The maximum atomic E-state index is 10.1. The van der Waals surface area contributed by atoms with Gasteiger partial charge in [0.05, 0.1) is 0 Å². The second kappa shape index (κ2) is 5.13. The molecular weight excluding hydrogens is 162 g/mol. The number of hydrogen-bond acceptors (Lipinski definition) is 2. The first-order valence-electron chi connectivity index (χ1n) is 4.06. The van der Waals surface area contributed by atoms with Gasteiger partial charge in [-0.1, -0.05) is 24.1 Å². The normalized spacial score (nSPS) is 8.69. The highest BCUT2D eigenvalue weighted by atomic mass is 16.1. The molecule has 1 rings (SSSR count). The molecule has 0 amide bonds. The van der Waals surface area contributed by atoms with Gasteiger partial charge >= 0.3 is 0 Å². The number of carbonyl (C=O) groups excluding carboxylic acids is 1. The zero-order valence-corrected chi connectivity index (χ0v) is 7.50. The van der Waals surface area contributed by atoms with Crippen LogP contribution in [0.5, 0.6) is 0 Å². The standard InChI is InChI=1S/C11H11NO/c1-12-9-11-6-3-2-5-10(11)7-4-8-13/h2-3,5-6,8,12H,9H2,1H3. The number of hydrogen-bond donors (Lipinski definition) is 1. The maximum absolute atomic E-state index is 10.1. The van der Waals surface area contributed by atoms with Gasteiger partial charge in [0.25, 0.3) is 0 Å². The Hall–Kier alpha value is -1.59. The monoisotopic (exact) mass is 173 g/mol. The SMILES string of the molecule is CNCc1ccccc1C#CC=O. The Morgan fingerprint density at radius 3 is 2.92 bits per heavy atom. The first kappa shape index (κ1) is 9.50. The van der Waals surface area contributed by atoms with Crippen LogP contribution in [0, 0.1) is 11.8 Å². The molecule has 0 fully saturated rings. The zero-order chi connectivity index (χ0) is 9.52. The van der Waals surface area contributed by atoms with Gasteiger partial charge in [0.15, 0.2) is 6.29 Å². The molecule has 13 heavy (non-hydrogen) atoms. The van der Waals surface area contributed by atoms with Gasteiger partial charge in [-0.05, 0) is 24.6 Å². The second-order valence-electron chi connectivity index (χ2n) is 2.57. The van der Waals surface area contributed by atoms with Crippen LogP contribution in [-0.4, -0.2) is 13.3 Å². The molecule has 0 aliphatic carbocycles. The Balaban J connectivity index is 2.96. The topological polar surface area (TPSA) is 29.1 Å². The van der Waals surface area contributed by atoms with E-state index in [-0.39, 0.29) is 0 Å². The second-order valence-corrected chi connectivity index (χ2v) is 2.57. The van der Waals surface area contributed by atoms with Crippen molar-refractivity contribution in [2.75, 3.05) is 7.05 Å². The molecule has 0 spiro atoms. The zero-order valence-electron chi connectivity index (χ0n) is 7.50. The summed E-state index contributed by atoms with van der Waals surface area (Å²) in [6.07, 6.45) is 0.607. The first-order chi connectivity index (χ1) is 6.38. The minimum absolute atomic E-state index is 0.607. The molecule has 66 valence electrons. The average Bonchev–Trinajstić information content (AvgIpc) is 2.17. The molecule has 2 nitrogen and oxygen atoms in total. The molecule has 0 bridgehead atoms. The predicted molar refractivity (Wildman–Crippen MR) is 52.1 cm³/mol. The Bertz CT molecular complexity index is 347. The highest BCUT2D eigenvalue weighted by Gasteiger charge is 1.95. The van der Waals surface area contributed by atoms with E-state index in [4.69, 9.17) is 0 Å². The lowest BCUT2D eigenvalue weighted by molar-refractivity contribution is -0.103. The summed E-state index contributed by atoms with van der Waals surface area (Å²) in [5.74, 6) is 5.19. The van der Waals surface area contributed by atoms with Gasteiger partial charge in [-0.3, -0.25) is 4.79 Å². The van der Waals surface area contributed by atoms with Crippen molar-refractivity contribution in [1.82, 2.24) is 5.32 Å². The van der Waals surface area contributed by atoms with Gasteiger partial charge in [0, 0.05) is 12.1 Å². The van der Waals surface area contributed by atoms with E-state index < -0.39 is 0 Å². The molecule has 0 aliphatic rings. The van der Waals surface area contributed by atoms with Crippen LogP contribution in [0.4, 0.5) is 0 Å². The van der Waals surface area contributed by atoms with Crippen LogP contribution in [-0.2, 0) is 11.3 Å². The quantitative estimate of drug-likeness (QED) is 0.533. The number of nitrogens with one attached hydrogen (secondary N) is 1. The Morgan fingerprint density at radius 2 is 2.23 bits per heavy atom. The van der Waals surface area contributed by atoms with Gasteiger partial charge < -0.3 is 5.32 Å². The molecule has 0 aromatic heterocycles. The van der Waals surface area contributed by atoms with E-state index in [1.165, 1.54) is 0 Å². The van der Waals surface area contributed by atoms with Crippen LogP contribution in [0.25, 0.3) is 0 Å². The Kier molecular flexibility index (Phi) is 3.74. The molecule has 0 aliphatic heterocycles. The van der Waals surface area contributed by atoms with Crippen LogP contribution in [0.2, 0.25) is 0 Å². The number of rotatable bonds is 2. The molecular formula is C11H11NO. The van der Waals surface area contributed by atoms with Gasteiger partial charge in [0.2, 0.25) is 0 Å². The first-order valence-corrected chi connectivity index (χ1v) is 4.06. The molecule has 0 radical (unpaired) electrons. The molecule has 1 N–H and O–H groups in total. The highest BCUT2D eigenvalue weighted by Crippen LogP contribution is 2.06. The van der Waals surface area contributed by atoms with Crippen LogP contribution in [0.15, 0.2) is 24.3 Å². The highest BCUT2D eigenvalue weighted by molar-refractivity contribution is 5.74. The van der Waals surface area contributed by atoms with Crippen molar-refractivity contribution in [3.63, 3.8) is 0 Å². The van der Waals surface area contributed by atoms with Crippen LogP contribution >= 0.6 is 0 Å². The third-order valence-corrected chi connectivity index (χ3v) is 1.65. The fraction of sp³-hybridized carbons (Fsp3) is 0.182. The largest absolute Gasteiger partial charge is 0.316 e. The van der Waals surface area contributed by atoms with Crippen molar-refractivity contribution in [3.05, 3.63) is 35.4 Å². The summed E-state index contributed by atoms with van der Waals surface area (Å²) in [7, 11) is 1.88. The predicted octanol–water partition coefficient (Wildman–Crippen LogP) is 0.956. The summed E-state index contributed by atoms with van der Waals surface area (Å²) >= 11 is 0. The fourth-order valence-corrected chi connectivity index (χ4v) is 1.09. The third-order valence-electron chi connectivity index (χ3n) is 1.65. The number of aldehydes is 1. The third kappa shape index (κ3) is 2.73. The minimum atomic E-state index is 0.607. The molecule has 0 atom stereocenters. The molecule has 0 heterocycles. The molecule has 0 unspecified atom stereocenters. The number of carbonyl (C=O) groups is 1. The molecule has 1 aromatic carbocycles. The van der Waals surface area contributed by atoms with Gasteiger partial charge in [-0.15, -0.1) is 0 Å². The lowest BCUT2D eigenvalue weighted by Crippen LogP contribution is -2.06. The average molecular weight is 173 g/mol. The van der Waals surface area contributed by atoms with E-state index in [0.717, 1.165) is 17.7 Å². The van der Waals surface area contributed by atoms with Crippen LogP contribution in [0.3, 0.4) is 0 Å². The summed E-state index contributed by atoms with van der Waals surface area (Å²) in [6, 6.07) is 7.77. The maximum Gasteiger partial charge on any atom is 0.193 e. The summed E-state index contributed by atoms with van der Waals surface area (Å²) in [5, 5.41) is 3.04. The van der Waals surface area contributed by atoms with E-state index in [9.17, 15) is 4.79 Å². The van der Waals surface area contributed by atoms with Crippen molar-refractivity contribution in [3.8, 4) is 11.8 Å². The summed E-state index contributed by atoms with van der Waals surface area (Å²) in [4.78, 5) is 10.1. The van der Waals surface area contributed by atoms with E-state index in [1.807, 2.05) is 31.3 Å². The Morgan fingerprint density at radius 1 is 1.46 bits per heavy atom. The Labute approximate surface area is 78.0 Å². The smallest absolute Gasteiger partial charge is 0.193 e. The summed E-state index contributed by atoms with van der Waals surface area (Å²) in [6.45, 7) is 0.768. The van der Waals surface area contributed by atoms with Crippen molar-refractivity contribution in [1.29, 1.82) is 0 Å². The van der Waals surface area contributed by atoms with Crippen molar-refractivity contribution in [2.45, 2.75) is 6.54 Å². The lowest BCUT2D eigenvalue weighted by atomic mass is 10.1. The molecule has 1 aromatic rings. The van der Waals surface area contributed by atoms with Crippen LogP contribution < -0.4 is 5.32 Å². The van der Waals surface area contributed by atoms with E-state index in [0.29, 0.717) is 6.29 Å². The van der Waals surface area contributed by atoms with Crippen LogP contribution in [0.1, 0.15) is 11.1 Å². The molecule has 2 heteroatoms. The minimum Gasteiger partial charge on any atom is -0.316 e. The van der Waals surface area contributed by atoms with E-state index in [2.05, 4.69) is 17.2 Å². The lowest BCUT2D eigenvalue weighted by Gasteiger charge is -2.01. The van der Waals surface area contributed by atoms with Gasteiger partial charge in [-0.25, -0.2) is 0 Å². The van der Waals surface area contributed by atoms with Gasteiger partial charge in [-0.2, -0.15) is 0 Å². The van der Waals surface area contributed by atoms with E-state index in [1.54, 1.807) is 0 Å². The van der Waals surface area contributed by atoms with Crippen molar-refractivity contribution >= 4 is 6.29 Å². The summed E-state index contributed by atoms with van der Waals surface area (Å²) in [5.41, 5.74) is 2.02.